The third kappa shape index (κ3) is 4.74. The number of carbonyl (C=O) groups excluding carboxylic acids is 3. The maximum absolute atomic E-state index is 14.9. The number of aryl methyl sites for hydroxylation is 1. The quantitative estimate of drug-likeness (QED) is 0.251. The number of nitrogens with two attached hydrogens (primary N) is 2. The van der Waals surface area contributed by atoms with E-state index in [0.717, 1.165) is 18.5 Å². The average Bonchev–Trinajstić information content (AvgIpc) is 3.22. The Hall–Kier alpha value is -3.82. The number of amides is 2. The summed E-state index contributed by atoms with van der Waals surface area (Å²) in [5.41, 5.74) is 11.8. The molecular weight excluding hydrogens is 415 g/mol. The molecule has 10 heteroatoms. The van der Waals surface area contributed by atoms with Gasteiger partial charge in [0.05, 0.1) is 17.0 Å². The molecule has 2 aromatic rings. The molecule has 0 aliphatic heterocycles. The van der Waals surface area contributed by atoms with Crippen molar-refractivity contribution < 1.29 is 18.8 Å². The van der Waals surface area contributed by atoms with Gasteiger partial charge in [0.2, 0.25) is 5.91 Å². The van der Waals surface area contributed by atoms with Crippen molar-refractivity contribution in [3.63, 3.8) is 0 Å². The highest BCUT2D eigenvalue weighted by atomic mass is 19.1. The Kier molecular flexibility index (Phi) is 6.82. The topological polar surface area (TPSA) is 168 Å². The van der Waals surface area contributed by atoms with Crippen LogP contribution in [-0.2, 0) is 9.59 Å². The van der Waals surface area contributed by atoms with Crippen LogP contribution < -0.4 is 16.8 Å². The normalized spacial score (nSPS) is 19.1. The zero-order chi connectivity index (χ0) is 23.4. The SMILES string of the molecule is Cc1cc(-c2ccc(C(=O)C3CCCCC3C(=O)N/C(C=N)=C(/N)C(N)=O)c(F)c2)n[nH]1. The number of rotatable bonds is 7. The summed E-state index contributed by atoms with van der Waals surface area (Å²) in [6.07, 6.45) is 2.99. The summed E-state index contributed by atoms with van der Waals surface area (Å²) >= 11 is 0. The Morgan fingerprint density at radius 3 is 2.44 bits per heavy atom. The van der Waals surface area contributed by atoms with E-state index in [0.29, 0.717) is 30.3 Å². The number of nitrogens with zero attached hydrogens (tertiary/aromatic N) is 1. The van der Waals surface area contributed by atoms with Crippen molar-refractivity contribution in [3.8, 4) is 11.3 Å². The lowest BCUT2D eigenvalue weighted by molar-refractivity contribution is -0.126. The molecule has 0 saturated heterocycles. The third-order valence-electron chi connectivity index (χ3n) is 5.63. The van der Waals surface area contributed by atoms with Gasteiger partial charge in [0, 0.05) is 29.3 Å². The molecule has 1 aromatic heterocycles. The average molecular weight is 440 g/mol. The fraction of sp³-hybridized carbons (Fsp3) is 0.318. The first-order valence-electron chi connectivity index (χ1n) is 10.2. The predicted octanol–water partition coefficient (Wildman–Crippen LogP) is 1.93. The maximum Gasteiger partial charge on any atom is 0.266 e. The van der Waals surface area contributed by atoms with Crippen LogP contribution in [0.3, 0.4) is 0 Å². The lowest BCUT2D eigenvalue weighted by Gasteiger charge is -2.30. The molecule has 2 amide bonds. The number of nitrogens with one attached hydrogen (secondary N) is 3. The minimum Gasteiger partial charge on any atom is -0.393 e. The van der Waals surface area contributed by atoms with Gasteiger partial charge in [-0.1, -0.05) is 18.9 Å². The number of aromatic nitrogens is 2. The number of carbonyl (C=O) groups is 3. The molecule has 9 nitrogen and oxygen atoms in total. The minimum atomic E-state index is -0.977. The molecule has 1 aliphatic rings. The first-order valence-corrected chi connectivity index (χ1v) is 10.2. The summed E-state index contributed by atoms with van der Waals surface area (Å²) in [6.45, 7) is 1.83. The Labute approximate surface area is 183 Å². The van der Waals surface area contributed by atoms with Crippen molar-refractivity contribution in [1.82, 2.24) is 15.5 Å². The van der Waals surface area contributed by atoms with Gasteiger partial charge in [0.1, 0.15) is 11.5 Å². The van der Waals surface area contributed by atoms with Crippen LogP contribution in [-0.4, -0.2) is 34.0 Å². The van der Waals surface area contributed by atoms with Gasteiger partial charge in [-0.15, -0.1) is 0 Å². The van der Waals surface area contributed by atoms with E-state index in [1.54, 1.807) is 12.1 Å². The van der Waals surface area contributed by atoms with Gasteiger partial charge < -0.3 is 22.2 Å². The molecule has 0 radical (unpaired) electrons. The fourth-order valence-corrected chi connectivity index (χ4v) is 3.94. The van der Waals surface area contributed by atoms with Gasteiger partial charge in [-0.25, -0.2) is 4.39 Å². The Morgan fingerprint density at radius 2 is 1.88 bits per heavy atom. The van der Waals surface area contributed by atoms with Crippen molar-refractivity contribution in [1.29, 1.82) is 5.41 Å². The number of allylic oxidation sites excluding steroid dienone is 1. The maximum atomic E-state index is 14.9. The summed E-state index contributed by atoms with van der Waals surface area (Å²) in [5, 5.41) is 16.7. The minimum absolute atomic E-state index is 0.0924. The fourth-order valence-electron chi connectivity index (χ4n) is 3.94. The van der Waals surface area contributed by atoms with E-state index in [1.807, 2.05) is 6.92 Å². The Morgan fingerprint density at radius 1 is 1.19 bits per heavy atom. The van der Waals surface area contributed by atoms with Gasteiger partial charge in [-0.2, -0.15) is 5.10 Å². The largest absolute Gasteiger partial charge is 0.393 e. The van der Waals surface area contributed by atoms with Crippen LogP contribution in [0, 0.1) is 30.0 Å². The van der Waals surface area contributed by atoms with Gasteiger partial charge in [0.25, 0.3) is 5.91 Å². The molecule has 1 aliphatic carbocycles. The van der Waals surface area contributed by atoms with Crippen molar-refractivity contribution in [2.24, 2.45) is 23.3 Å². The summed E-state index contributed by atoms with van der Waals surface area (Å²) in [4.78, 5) is 37.3. The molecule has 0 spiro atoms. The molecule has 1 fully saturated rings. The highest BCUT2D eigenvalue weighted by molar-refractivity contribution is 6.03. The van der Waals surface area contributed by atoms with Crippen molar-refractivity contribution in [3.05, 3.63) is 52.7 Å². The second kappa shape index (κ2) is 9.54. The van der Waals surface area contributed by atoms with Gasteiger partial charge >= 0.3 is 0 Å². The highest BCUT2D eigenvalue weighted by Crippen LogP contribution is 2.34. The van der Waals surface area contributed by atoms with Crippen molar-refractivity contribution >= 4 is 23.8 Å². The number of H-pyrrole nitrogens is 1. The molecular formula is C22H25FN6O3. The summed E-state index contributed by atoms with van der Waals surface area (Å²) in [6, 6.07) is 6.05. The number of halogens is 1. The van der Waals surface area contributed by atoms with Gasteiger partial charge in [-0.05, 0) is 38.0 Å². The second-order valence-electron chi connectivity index (χ2n) is 7.82. The summed E-state index contributed by atoms with van der Waals surface area (Å²) in [5.74, 6) is -4.17. The number of benzene rings is 1. The monoisotopic (exact) mass is 440 g/mol. The second-order valence-corrected chi connectivity index (χ2v) is 7.82. The molecule has 1 heterocycles. The summed E-state index contributed by atoms with van der Waals surface area (Å²) in [7, 11) is 0. The van der Waals surface area contributed by atoms with E-state index in [4.69, 9.17) is 16.9 Å². The van der Waals surface area contributed by atoms with E-state index in [-0.39, 0.29) is 11.3 Å². The third-order valence-corrected chi connectivity index (χ3v) is 5.63. The smallest absolute Gasteiger partial charge is 0.266 e. The number of primary amides is 1. The zero-order valence-electron chi connectivity index (χ0n) is 17.6. The molecule has 7 N–H and O–H groups in total. The van der Waals surface area contributed by atoms with E-state index in [1.165, 1.54) is 12.1 Å². The summed E-state index contributed by atoms with van der Waals surface area (Å²) < 4.78 is 14.9. The first-order chi connectivity index (χ1) is 15.2. The van der Waals surface area contributed by atoms with Crippen molar-refractivity contribution in [2.75, 3.05) is 0 Å². The molecule has 32 heavy (non-hydrogen) atoms. The number of ketones is 1. The van der Waals surface area contributed by atoms with Gasteiger partial charge in [0.15, 0.2) is 5.78 Å². The molecule has 3 rings (SSSR count). The number of hydrogen-bond acceptors (Lipinski definition) is 6. The lowest BCUT2D eigenvalue weighted by Crippen LogP contribution is -2.41. The predicted molar refractivity (Wildman–Crippen MR) is 116 cm³/mol. The number of aromatic amines is 1. The van der Waals surface area contributed by atoms with Gasteiger partial charge in [-0.3, -0.25) is 19.5 Å². The molecule has 168 valence electrons. The molecule has 2 unspecified atom stereocenters. The van der Waals surface area contributed by atoms with Crippen LogP contribution in [0.25, 0.3) is 11.3 Å². The molecule has 1 saturated carbocycles. The first kappa shape index (κ1) is 22.9. The molecule has 1 aromatic carbocycles. The highest BCUT2D eigenvalue weighted by Gasteiger charge is 2.37. The van der Waals surface area contributed by atoms with Crippen LogP contribution in [0.5, 0.6) is 0 Å². The van der Waals surface area contributed by atoms with E-state index in [2.05, 4.69) is 15.5 Å². The standard InChI is InChI=1S/C22H25FN6O3/c1-11-8-17(29-28-11)12-6-7-15(16(23)9-12)20(30)13-4-2-3-5-14(13)22(32)27-18(10-24)19(25)21(26)31/h6-10,13-14,24H,2-5,25H2,1H3,(H2,26,31)(H,27,32)(H,28,29)/b19-18+,24-10?. The van der Waals surface area contributed by atoms with Crippen LogP contribution >= 0.6 is 0 Å². The van der Waals surface area contributed by atoms with Crippen LogP contribution in [0.15, 0.2) is 35.7 Å². The van der Waals surface area contributed by atoms with Crippen molar-refractivity contribution in [2.45, 2.75) is 32.6 Å². The zero-order valence-corrected chi connectivity index (χ0v) is 17.6. The van der Waals surface area contributed by atoms with Crippen LogP contribution in [0.2, 0.25) is 0 Å². The van der Waals surface area contributed by atoms with E-state index < -0.39 is 40.9 Å². The Bertz CT molecular complexity index is 1110. The van der Waals surface area contributed by atoms with Crippen LogP contribution in [0.4, 0.5) is 4.39 Å². The molecule has 2 atom stereocenters. The van der Waals surface area contributed by atoms with E-state index >= 15 is 0 Å². The van der Waals surface area contributed by atoms with E-state index in [9.17, 15) is 18.8 Å². The number of hydrogen-bond donors (Lipinski definition) is 5. The number of Topliss-reactive ketones (excluding diaryl/α,β-unsaturated/α-hetero) is 1. The Balaban J connectivity index is 1.84. The van der Waals surface area contributed by atoms with Crippen LogP contribution in [0.1, 0.15) is 41.7 Å². The molecule has 0 bridgehead atoms. The lowest BCUT2D eigenvalue weighted by atomic mass is 9.74.